The molecule has 0 radical (unpaired) electrons. The van der Waals surface area contributed by atoms with Gasteiger partial charge in [0.05, 0.1) is 0 Å². The molecule has 2 saturated heterocycles. The Hall–Kier alpha value is -1.43. The van der Waals surface area contributed by atoms with Crippen LogP contribution in [0.2, 0.25) is 0 Å². The quantitative estimate of drug-likeness (QED) is 0.650. The molecule has 0 spiro atoms. The first-order valence-electron chi connectivity index (χ1n) is 6.16. The van der Waals surface area contributed by atoms with Crippen LogP contribution in [0, 0.1) is 5.92 Å². The lowest BCUT2D eigenvalue weighted by Gasteiger charge is -2.42. The van der Waals surface area contributed by atoms with Gasteiger partial charge in [-0.3, -0.25) is 19.7 Å². The van der Waals surface area contributed by atoms with Crippen molar-refractivity contribution in [3.05, 3.63) is 0 Å². The highest BCUT2D eigenvalue weighted by molar-refractivity contribution is 6.06. The Bertz CT molecular complexity index is 386. The summed E-state index contributed by atoms with van der Waals surface area (Å²) in [6.07, 6.45) is 1.31. The van der Waals surface area contributed by atoms with E-state index in [-0.39, 0.29) is 18.4 Å². The number of rotatable bonds is 1. The summed E-state index contributed by atoms with van der Waals surface area (Å²) in [7, 11) is 0. The standard InChI is InChI=1S/C12H18N2O4/c1-12(2)11(17)13-9(15)7-14(12)10(16)8-3-5-18-6-4-8/h8H,3-7H2,1-2H3,(H,13,15,17). The summed E-state index contributed by atoms with van der Waals surface area (Å²) < 4.78 is 5.21. The van der Waals surface area contributed by atoms with E-state index < -0.39 is 17.4 Å². The maximum absolute atomic E-state index is 12.4. The normalized spacial score (nSPS) is 24.9. The van der Waals surface area contributed by atoms with Crippen LogP contribution in [0.5, 0.6) is 0 Å². The van der Waals surface area contributed by atoms with Crippen LogP contribution in [0.15, 0.2) is 0 Å². The number of carbonyl (C=O) groups is 3. The number of hydrogen-bond donors (Lipinski definition) is 1. The molecule has 0 bridgehead atoms. The van der Waals surface area contributed by atoms with Crippen LogP contribution < -0.4 is 5.32 Å². The van der Waals surface area contributed by atoms with Crippen molar-refractivity contribution in [2.45, 2.75) is 32.2 Å². The highest BCUT2D eigenvalue weighted by atomic mass is 16.5. The Balaban J connectivity index is 2.16. The Morgan fingerprint density at radius 3 is 2.56 bits per heavy atom. The molecule has 0 aromatic carbocycles. The lowest BCUT2D eigenvalue weighted by atomic mass is 9.92. The Morgan fingerprint density at radius 2 is 1.94 bits per heavy atom. The van der Waals surface area contributed by atoms with Gasteiger partial charge in [-0.25, -0.2) is 0 Å². The molecule has 0 unspecified atom stereocenters. The number of ether oxygens (including phenoxy) is 1. The first-order chi connectivity index (χ1) is 8.43. The zero-order chi connectivity index (χ0) is 13.3. The van der Waals surface area contributed by atoms with Crippen LogP contribution in [0.1, 0.15) is 26.7 Å². The number of hydrogen-bond acceptors (Lipinski definition) is 4. The zero-order valence-corrected chi connectivity index (χ0v) is 10.7. The predicted molar refractivity (Wildman–Crippen MR) is 62.5 cm³/mol. The average molecular weight is 254 g/mol. The monoisotopic (exact) mass is 254 g/mol. The lowest BCUT2D eigenvalue weighted by Crippen LogP contribution is -2.66. The number of amides is 3. The number of imide groups is 1. The van der Waals surface area contributed by atoms with Crippen molar-refractivity contribution in [1.29, 1.82) is 0 Å². The third-order valence-corrected chi connectivity index (χ3v) is 3.62. The van der Waals surface area contributed by atoms with Gasteiger partial charge >= 0.3 is 0 Å². The van der Waals surface area contributed by atoms with Crippen LogP contribution >= 0.6 is 0 Å². The Kier molecular flexibility index (Phi) is 3.38. The van der Waals surface area contributed by atoms with E-state index in [1.165, 1.54) is 4.90 Å². The molecule has 100 valence electrons. The van der Waals surface area contributed by atoms with Crippen LogP contribution in [-0.2, 0) is 19.1 Å². The van der Waals surface area contributed by atoms with E-state index in [9.17, 15) is 14.4 Å². The topological polar surface area (TPSA) is 75.7 Å². The van der Waals surface area contributed by atoms with Crippen LogP contribution in [0.25, 0.3) is 0 Å². The fourth-order valence-corrected chi connectivity index (χ4v) is 2.30. The Labute approximate surface area is 106 Å². The lowest BCUT2D eigenvalue weighted by molar-refractivity contribution is -0.159. The van der Waals surface area contributed by atoms with E-state index >= 15 is 0 Å². The second kappa shape index (κ2) is 4.68. The molecule has 2 rings (SSSR count). The van der Waals surface area contributed by atoms with Gasteiger partial charge in [0, 0.05) is 19.1 Å². The minimum atomic E-state index is -0.969. The van der Waals surface area contributed by atoms with Crippen LogP contribution in [0.3, 0.4) is 0 Å². The molecule has 18 heavy (non-hydrogen) atoms. The van der Waals surface area contributed by atoms with E-state index in [0.29, 0.717) is 26.1 Å². The van der Waals surface area contributed by atoms with Crippen LogP contribution in [-0.4, -0.2) is 47.9 Å². The van der Waals surface area contributed by atoms with Gasteiger partial charge in [0.1, 0.15) is 12.1 Å². The molecule has 2 aliphatic rings. The van der Waals surface area contributed by atoms with E-state index in [4.69, 9.17) is 4.74 Å². The van der Waals surface area contributed by atoms with Crippen molar-refractivity contribution in [3.8, 4) is 0 Å². The Morgan fingerprint density at radius 1 is 1.33 bits per heavy atom. The highest BCUT2D eigenvalue weighted by Gasteiger charge is 2.45. The van der Waals surface area contributed by atoms with Crippen molar-refractivity contribution < 1.29 is 19.1 Å². The number of carbonyl (C=O) groups excluding carboxylic acids is 3. The molecule has 3 amide bonds. The molecule has 0 saturated carbocycles. The SMILES string of the molecule is CC1(C)C(=O)NC(=O)CN1C(=O)C1CCOCC1. The van der Waals surface area contributed by atoms with Gasteiger partial charge in [0.2, 0.25) is 11.8 Å². The summed E-state index contributed by atoms with van der Waals surface area (Å²) in [6, 6.07) is 0. The fourth-order valence-electron chi connectivity index (χ4n) is 2.30. The summed E-state index contributed by atoms with van der Waals surface area (Å²) in [5.41, 5.74) is -0.969. The van der Waals surface area contributed by atoms with Gasteiger partial charge in [-0.15, -0.1) is 0 Å². The number of piperazine rings is 1. The van der Waals surface area contributed by atoms with Gasteiger partial charge in [-0.2, -0.15) is 0 Å². The van der Waals surface area contributed by atoms with Gasteiger partial charge in [-0.05, 0) is 26.7 Å². The molecule has 6 heteroatoms. The molecule has 0 aromatic heterocycles. The molecule has 2 fully saturated rings. The van der Waals surface area contributed by atoms with Gasteiger partial charge < -0.3 is 9.64 Å². The maximum atomic E-state index is 12.4. The van der Waals surface area contributed by atoms with Crippen molar-refractivity contribution in [1.82, 2.24) is 10.2 Å². The largest absolute Gasteiger partial charge is 0.381 e. The molecule has 0 aromatic rings. The molecule has 2 heterocycles. The molecule has 6 nitrogen and oxygen atoms in total. The highest BCUT2D eigenvalue weighted by Crippen LogP contribution is 2.25. The van der Waals surface area contributed by atoms with Gasteiger partial charge in [-0.1, -0.05) is 0 Å². The smallest absolute Gasteiger partial charge is 0.252 e. The predicted octanol–water partition coefficient (Wildman–Crippen LogP) is -0.323. The minimum Gasteiger partial charge on any atom is -0.381 e. The summed E-state index contributed by atoms with van der Waals surface area (Å²) >= 11 is 0. The van der Waals surface area contributed by atoms with E-state index in [1.54, 1.807) is 13.8 Å². The van der Waals surface area contributed by atoms with Crippen LogP contribution in [0.4, 0.5) is 0 Å². The van der Waals surface area contributed by atoms with Gasteiger partial charge in [0.25, 0.3) is 5.91 Å². The summed E-state index contributed by atoms with van der Waals surface area (Å²) in [4.78, 5) is 37.0. The summed E-state index contributed by atoms with van der Waals surface area (Å²) in [6.45, 7) is 4.39. The molecular weight excluding hydrogens is 236 g/mol. The van der Waals surface area contributed by atoms with E-state index in [0.717, 1.165) is 0 Å². The molecule has 2 aliphatic heterocycles. The first kappa shape index (κ1) is 13.0. The minimum absolute atomic E-state index is 0.0467. The van der Waals surface area contributed by atoms with Crippen molar-refractivity contribution in [2.75, 3.05) is 19.8 Å². The molecular formula is C12H18N2O4. The first-order valence-corrected chi connectivity index (χ1v) is 6.16. The molecule has 1 N–H and O–H groups in total. The number of nitrogens with one attached hydrogen (secondary N) is 1. The second-order valence-electron chi connectivity index (χ2n) is 5.25. The van der Waals surface area contributed by atoms with E-state index in [2.05, 4.69) is 5.32 Å². The van der Waals surface area contributed by atoms with Crippen molar-refractivity contribution in [2.24, 2.45) is 5.92 Å². The number of nitrogens with zero attached hydrogens (tertiary/aromatic N) is 1. The fraction of sp³-hybridized carbons (Fsp3) is 0.750. The van der Waals surface area contributed by atoms with Gasteiger partial charge in [0.15, 0.2) is 0 Å². The third kappa shape index (κ3) is 2.25. The summed E-state index contributed by atoms with van der Waals surface area (Å²) in [5, 5.41) is 2.26. The molecule has 0 atom stereocenters. The maximum Gasteiger partial charge on any atom is 0.252 e. The molecule has 0 aliphatic carbocycles. The third-order valence-electron chi connectivity index (χ3n) is 3.62. The second-order valence-corrected chi connectivity index (χ2v) is 5.25. The van der Waals surface area contributed by atoms with E-state index in [1.807, 2.05) is 0 Å². The van der Waals surface area contributed by atoms with Crippen molar-refractivity contribution >= 4 is 17.7 Å². The van der Waals surface area contributed by atoms with Crippen molar-refractivity contribution in [3.63, 3.8) is 0 Å². The average Bonchev–Trinajstić information content (AvgIpc) is 2.34. The summed E-state index contributed by atoms with van der Waals surface area (Å²) in [5.74, 6) is -1.10. The zero-order valence-electron chi connectivity index (χ0n) is 10.7.